The average Bonchev–Trinajstić information content (AvgIpc) is 2.79. The normalized spacial score (nSPS) is 10.5. The van der Waals surface area contributed by atoms with Crippen LogP contribution in [-0.4, -0.2) is 11.9 Å². The van der Waals surface area contributed by atoms with Gasteiger partial charge in [-0.1, -0.05) is 43.3 Å². The summed E-state index contributed by atoms with van der Waals surface area (Å²) >= 11 is 0. The summed E-state index contributed by atoms with van der Waals surface area (Å²) < 4.78 is 16.4. The van der Waals surface area contributed by atoms with Gasteiger partial charge in [0.2, 0.25) is 0 Å². The predicted molar refractivity (Wildman–Crippen MR) is 110 cm³/mol. The van der Waals surface area contributed by atoms with E-state index in [0.717, 1.165) is 0 Å². The van der Waals surface area contributed by atoms with E-state index < -0.39 is 11.9 Å². The van der Waals surface area contributed by atoms with Crippen molar-refractivity contribution in [2.75, 3.05) is 0 Å². The molecule has 0 N–H and O–H groups in total. The zero-order chi connectivity index (χ0) is 21.5. The van der Waals surface area contributed by atoms with Crippen LogP contribution in [0.5, 0.6) is 0 Å². The molecule has 0 aliphatic rings. The Bertz CT molecular complexity index is 1080. The van der Waals surface area contributed by atoms with Gasteiger partial charge in [0.25, 0.3) is 0 Å². The molecule has 0 atom stereocenters. The van der Waals surface area contributed by atoms with Crippen LogP contribution in [0.2, 0.25) is 0 Å². The van der Waals surface area contributed by atoms with E-state index in [-0.39, 0.29) is 30.2 Å². The van der Waals surface area contributed by atoms with E-state index in [1.165, 1.54) is 0 Å². The number of hydrogen-bond donors (Lipinski definition) is 0. The van der Waals surface area contributed by atoms with Crippen molar-refractivity contribution in [3.63, 3.8) is 0 Å². The lowest BCUT2D eigenvalue weighted by Gasteiger charge is -2.13. The second kappa shape index (κ2) is 9.69. The van der Waals surface area contributed by atoms with E-state index in [0.29, 0.717) is 28.7 Å². The number of benzene rings is 2. The SMILES string of the molecule is CCc1c(COC(=O)c2ccccc2)oc(COC(=O)c2ccccc2)c(C)c1=O. The first-order chi connectivity index (χ1) is 14.5. The van der Waals surface area contributed by atoms with Gasteiger partial charge in [-0.05, 0) is 37.6 Å². The number of rotatable bonds is 7. The van der Waals surface area contributed by atoms with Crippen molar-refractivity contribution in [1.82, 2.24) is 0 Å². The fourth-order valence-corrected chi connectivity index (χ4v) is 2.96. The minimum atomic E-state index is -0.519. The van der Waals surface area contributed by atoms with Crippen LogP contribution < -0.4 is 5.43 Å². The summed E-state index contributed by atoms with van der Waals surface area (Å²) in [6, 6.07) is 17.1. The summed E-state index contributed by atoms with van der Waals surface area (Å²) in [5.74, 6) is -0.553. The highest BCUT2D eigenvalue weighted by Gasteiger charge is 2.19. The molecule has 0 radical (unpaired) electrons. The third-order valence-electron chi connectivity index (χ3n) is 4.66. The van der Waals surface area contributed by atoms with Crippen LogP contribution in [0.1, 0.15) is 50.3 Å². The van der Waals surface area contributed by atoms with Crippen LogP contribution in [0.4, 0.5) is 0 Å². The fourth-order valence-electron chi connectivity index (χ4n) is 2.96. The second-order valence-electron chi connectivity index (χ2n) is 6.62. The Morgan fingerprint density at radius 3 is 1.73 bits per heavy atom. The molecule has 0 amide bonds. The van der Waals surface area contributed by atoms with E-state index in [9.17, 15) is 14.4 Å². The maximum Gasteiger partial charge on any atom is 0.338 e. The van der Waals surface area contributed by atoms with Crippen LogP contribution in [0, 0.1) is 6.92 Å². The van der Waals surface area contributed by atoms with Gasteiger partial charge in [0.1, 0.15) is 24.7 Å². The monoisotopic (exact) mass is 406 g/mol. The second-order valence-corrected chi connectivity index (χ2v) is 6.62. The lowest BCUT2D eigenvalue weighted by atomic mass is 10.1. The number of carbonyl (C=O) groups excluding carboxylic acids is 2. The third-order valence-corrected chi connectivity index (χ3v) is 4.66. The quantitative estimate of drug-likeness (QED) is 0.546. The lowest BCUT2D eigenvalue weighted by molar-refractivity contribution is 0.0406. The predicted octanol–water partition coefficient (Wildman–Crippen LogP) is 4.22. The van der Waals surface area contributed by atoms with Gasteiger partial charge in [-0.15, -0.1) is 0 Å². The molecule has 0 fully saturated rings. The van der Waals surface area contributed by atoms with Crippen LogP contribution in [-0.2, 0) is 29.1 Å². The lowest BCUT2D eigenvalue weighted by Crippen LogP contribution is -2.19. The third kappa shape index (κ3) is 4.84. The Labute approximate surface area is 174 Å². The Balaban J connectivity index is 1.78. The molecule has 3 aromatic rings. The Morgan fingerprint density at radius 2 is 1.27 bits per heavy atom. The number of esters is 2. The smallest absolute Gasteiger partial charge is 0.338 e. The molecule has 0 unspecified atom stereocenters. The zero-order valence-corrected chi connectivity index (χ0v) is 16.8. The summed E-state index contributed by atoms with van der Waals surface area (Å²) in [4.78, 5) is 37.1. The molecule has 1 heterocycles. The van der Waals surface area contributed by atoms with Crippen molar-refractivity contribution in [2.45, 2.75) is 33.5 Å². The molecular weight excluding hydrogens is 384 g/mol. The van der Waals surface area contributed by atoms with Crippen molar-refractivity contribution in [2.24, 2.45) is 0 Å². The van der Waals surface area contributed by atoms with Crippen LogP contribution >= 0.6 is 0 Å². The van der Waals surface area contributed by atoms with Crippen molar-refractivity contribution >= 4 is 11.9 Å². The number of hydrogen-bond acceptors (Lipinski definition) is 6. The molecule has 30 heavy (non-hydrogen) atoms. The van der Waals surface area contributed by atoms with Gasteiger partial charge in [-0.3, -0.25) is 4.79 Å². The Kier molecular flexibility index (Phi) is 6.80. The molecule has 6 heteroatoms. The van der Waals surface area contributed by atoms with Gasteiger partial charge in [-0.25, -0.2) is 9.59 Å². The highest BCUT2D eigenvalue weighted by Crippen LogP contribution is 2.17. The van der Waals surface area contributed by atoms with Crippen LogP contribution in [0.3, 0.4) is 0 Å². The maximum atomic E-state index is 12.7. The van der Waals surface area contributed by atoms with E-state index in [1.54, 1.807) is 67.6 Å². The Hall–Kier alpha value is -3.67. The summed E-state index contributed by atoms with van der Waals surface area (Å²) in [6.07, 6.45) is 0.422. The molecule has 154 valence electrons. The topological polar surface area (TPSA) is 82.8 Å². The number of ether oxygens (including phenoxy) is 2. The first-order valence-corrected chi connectivity index (χ1v) is 9.60. The van der Waals surface area contributed by atoms with E-state index in [4.69, 9.17) is 13.9 Å². The molecule has 2 aromatic carbocycles. The van der Waals surface area contributed by atoms with Gasteiger partial charge in [-0.2, -0.15) is 0 Å². The molecule has 0 bridgehead atoms. The fraction of sp³-hybridized carbons (Fsp3) is 0.208. The largest absolute Gasteiger partial charge is 0.458 e. The van der Waals surface area contributed by atoms with Crippen molar-refractivity contribution in [3.05, 3.63) is 105 Å². The molecule has 0 spiro atoms. The zero-order valence-electron chi connectivity index (χ0n) is 16.8. The van der Waals surface area contributed by atoms with E-state index in [2.05, 4.69) is 0 Å². The van der Waals surface area contributed by atoms with Gasteiger partial charge in [0, 0.05) is 11.1 Å². The molecule has 0 aliphatic heterocycles. The molecule has 6 nitrogen and oxygen atoms in total. The molecule has 1 aromatic heterocycles. The van der Waals surface area contributed by atoms with Crippen LogP contribution in [0.25, 0.3) is 0 Å². The average molecular weight is 406 g/mol. The van der Waals surface area contributed by atoms with Gasteiger partial charge < -0.3 is 13.9 Å². The van der Waals surface area contributed by atoms with E-state index in [1.807, 2.05) is 6.92 Å². The highest BCUT2D eigenvalue weighted by molar-refractivity contribution is 5.89. The van der Waals surface area contributed by atoms with E-state index >= 15 is 0 Å². The number of carbonyl (C=O) groups is 2. The van der Waals surface area contributed by atoms with Gasteiger partial charge in [0.05, 0.1) is 11.1 Å². The maximum absolute atomic E-state index is 12.7. The summed E-state index contributed by atoms with van der Waals surface area (Å²) in [5.41, 5.74) is 1.40. The summed E-state index contributed by atoms with van der Waals surface area (Å²) in [5, 5.41) is 0. The first-order valence-electron chi connectivity index (χ1n) is 9.60. The van der Waals surface area contributed by atoms with Gasteiger partial charge >= 0.3 is 11.9 Å². The molecular formula is C24H22O6. The molecule has 0 aliphatic carbocycles. The minimum absolute atomic E-state index is 0.188. The summed E-state index contributed by atoms with van der Waals surface area (Å²) in [6.45, 7) is 3.06. The molecule has 3 rings (SSSR count). The Morgan fingerprint density at radius 1 is 0.800 bits per heavy atom. The molecule has 0 saturated heterocycles. The first kappa shape index (κ1) is 21.0. The summed E-state index contributed by atoms with van der Waals surface area (Å²) in [7, 11) is 0. The van der Waals surface area contributed by atoms with Crippen molar-refractivity contribution in [1.29, 1.82) is 0 Å². The van der Waals surface area contributed by atoms with Gasteiger partial charge in [0.15, 0.2) is 5.43 Å². The van der Waals surface area contributed by atoms with Crippen molar-refractivity contribution < 1.29 is 23.5 Å². The van der Waals surface area contributed by atoms with Crippen LogP contribution in [0.15, 0.2) is 69.9 Å². The standard InChI is InChI=1S/C24H22O6/c1-3-19-21(15-29-24(27)18-12-8-5-9-13-18)30-20(16(2)22(19)25)14-28-23(26)17-10-6-4-7-11-17/h4-13H,3,14-15H2,1-2H3. The minimum Gasteiger partial charge on any atom is -0.458 e. The van der Waals surface area contributed by atoms with Crippen molar-refractivity contribution in [3.8, 4) is 0 Å². The highest BCUT2D eigenvalue weighted by atomic mass is 16.6. The molecule has 0 saturated carbocycles.